The molecule has 0 bridgehead atoms. The van der Waals surface area contributed by atoms with Gasteiger partial charge >= 0.3 is 5.97 Å². The first-order valence-corrected chi connectivity index (χ1v) is 10.8. The van der Waals surface area contributed by atoms with Crippen molar-refractivity contribution in [2.24, 2.45) is 5.92 Å². The van der Waals surface area contributed by atoms with Crippen LogP contribution in [0.2, 0.25) is 0 Å². The Morgan fingerprint density at radius 2 is 1.74 bits per heavy atom. The Hall–Kier alpha value is -2.98. The molecule has 2 rings (SSSR count). The number of esters is 1. The minimum atomic E-state index is -4.33. The second-order valence-corrected chi connectivity index (χ2v) is 8.55. The average molecular weight is 453 g/mol. The van der Waals surface area contributed by atoms with E-state index in [9.17, 15) is 22.4 Å². The third kappa shape index (κ3) is 6.02. The molecule has 10 heteroatoms. The molecule has 0 radical (unpaired) electrons. The zero-order chi connectivity index (χ0) is 23.2. The van der Waals surface area contributed by atoms with Crippen LogP contribution in [0.5, 0.6) is 11.5 Å². The van der Waals surface area contributed by atoms with Crippen LogP contribution in [0.4, 0.5) is 4.39 Å². The first-order valence-electron chi connectivity index (χ1n) is 9.29. The summed E-state index contributed by atoms with van der Waals surface area (Å²) in [6, 6.07) is 8.00. The van der Waals surface area contributed by atoms with E-state index in [0.29, 0.717) is 5.75 Å². The van der Waals surface area contributed by atoms with Crippen molar-refractivity contribution in [3.8, 4) is 11.5 Å². The summed E-state index contributed by atoms with van der Waals surface area (Å²) in [5.74, 6) is -2.27. The highest BCUT2D eigenvalue weighted by atomic mass is 32.2. The van der Waals surface area contributed by atoms with Gasteiger partial charge in [0.2, 0.25) is 15.8 Å². The molecule has 0 saturated carbocycles. The number of ketones is 1. The highest BCUT2D eigenvalue weighted by Crippen LogP contribution is 2.25. The minimum absolute atomic E-state index is 0.170. The summed E-state index contributed by atoms with van der Waals surface area (Å²) in [6.45, 7) is 2.54. The van der Waals surface area contributed by atoms with E-state index in [1.165, 1.54) is 38.5 Å². The van der Waals surface area contributed by atoms with Crippen LogP contribution >= 0.6 is 0 Å². The third-order valence-corrected chi connectivity index (χ3v) is 5.86. The molecule has 1 atom stereocenters. The first-order chi connectivity index (χ1) is 14.6. The number of methoxy groups -OCH3 is 2. The maximum Gasteiger partial charge on any atom is 0.324 e. The molecule has 1 unspecified atom stereocenters. The summed E-state index contributed by atoms with van der Waals surface area (Å²) < 4.78 is 56.4. The number of halogens is 1. The van der Waals surface area contributed by atoms with Crippen molar-refractivity contribution in [2.75, 3.05) is 20.8 Å². The maximum atomic E-state index is 13.9. The Kier molecular flexibility index (Phi) is 8.12. The van der Waals surface area contributed by atoms with Gasteiger partial charge in [-0.3, -0.25) is 9.59 Å². The van der Waals surface area contributed by atoms with Crippen LogP contribution in [0.3, 0.4) is 0 Å². The SMILES string of the molecule is COc1ccc(C(=O)COC(=O)C(NS(=O)(=O)c2ccccc2F)C(C)C)c(OC)c1. The van der Waals surface area contributed by atoms with Gasteiger partial charge in [0.05, 0.1) is 19.8 Å². The van der Waals surface area contributed by atoms with Gasteiger partial charge in [0, 0.05) is 6.07 Å². The molecule has 8 nitrogen and oxygen atoms in total. The number of benzene rings is 2. The Bertz CT molecular complexity index is 1050. The van der Waals surface area contributed by atoms with Crippen molar-refractivity contribution in [1.29, 1.82) is 0 Å². The summed E-state index contributed by atoms with van der Waals surface area (Å²) in [4.78, 5) is 24.4. The number of carbonyl (C=O) groups is 2. The Morgan fingerprint density at radius 1 is 1.06 bits per heavy atom. The van der Waals surface area contributed by atoms with E-state index in [2.05, 4.69) is 4.72 Å². The predicted octanol–water partition coefficient (Wildman–Crippen LogP) is 2.57. The van der Waals surface area contributed by atoms with Crippen molar-refractivity contribution in [3.05, 3.63) is 53.8 Å². The quantitative estimate of drug-likeness (QED) is 0.435. The van der Waals surface area contributed by atoms with Gasteiger partial charge in [-0.2, -0.15) is 4.72 Å². The molecule has 1 N–H and O–H groups in total. The van der Waals surface area contributed by atoms with Crippen molar-refractivity contribution >= 4 is 21.8 Å². The molecule has 2 aromatic carbocycles. The summed E-state index contributed by atoms with van der Waals surface area (Å²) in [5.41, 5.74) is 0.170. The second-order valence-electron chi connectivity index (χ2n) is 6.87. The molecule has 0 aromatic heterocycles. The van der Waals surface area contributed by atoms with Gasteiger partial charge in [-0.05, 0) is 30.2 Å². The average Bonchev–Trinajstić information content (AvgIpc) is 2.75. The largest absolute Gasteiger partial charge is 0.497 e. The van der Waals surface area contributed by atoms with E-state index in [0.717, 1.165) is 12.1 Å². The van der Waals surface area contributed by atoms with Crippen LogP contribution in [0.15, 0.2) is 47.4 Å². The van der Waals surface area contributed by atoms with Gasteiger partial charge in [0.25, 0.3) is 0 Å². The number of nitrogens with one attached hydrogen (secondary N) is 1. The topological polar surface area (TPSA) is 108 Å². The van der Waals surface area contributed by atoms with Gasteiger partial charge in [0.1, 0.15) is 28.3 Å². The lowest BCUT2D eigenvalue weighted by atomic mass is 10.1. The van der Waals surface area contributed by atoms with Crippen LogP contribution in [-0.2, 0) is 19.6 Å². The Balaban J connectivity index is 2.13. The maximum absolute atomic E-state index is 13.9. The normalized spacial score (nSPS) is 12.3. The monoisotopic (exact) mass is 453 g/mol. The molecule has 0 fully saturated rings. The molecule has 31 heavy (non-hydrogen) atoms. The third-order valence-electron chi connectivity index (χ3n) is 4.38. The van der Waals surface area contributed by atoms with E-state index in [1.807, 2.05) is 0 Å². The van der Waals surface area contributed by atoms with Gasteiger partial charge in [-0.1, -0.05) is 26.0 Å². The number of hydrogen-bond donors (Lipinski definition) is 1. The van der Waals surface area contributed by atoms with Crippen LogP contribution in [-0.4, -0.2) is 47.0 Å². The number of carbonyl (C=O) groups excluding carboxylic acids is 2. The van der Waals surface area contributed by atoms with Gasteiger partial charge in [-0.25, -0.2) is 12.8 Å². The lowest BCUT2D eigenvalue weighted by Crippen LogP contribution is -2.45. The molecule has 0 aliphatic heterocycles. The number of rotatable bonds is 10. The fraction of sp³-hybridized carbons (Fsp3) is 0.333. The zero-order valence-corrected chi connectivity index (χ0v) is 18.4. The van der Waals surface area contributed by atoms with Crippen molar-refractivity contribution in [1.82, 2.24) is 4.72 Å². The minimum Gasteiger partial charge on any atom is -0.497 e. The van der Waals surface area contributed by atoms with E-state index < -0.39 is 51.1 Å². The summed E-state index contributed by atoms with van der Waals surface area (Å²) >= 11 is 0. The summed E-state index contributed by atoms with van der Waals surface area (Å²) in [6.07, 6.45) is 0. The Morgan fingerprint density at radius 3 is 2.32 bits per heavy atom. The van der Waals surface area contributed by atoms with E-state index in [-0.39, 0.29) is 11.3 Å². The van der Waals surface area contributed by atoms with E-state index >= 15 is 0 Å². The van der Waals surface area contributed by atoms with Crippen molar-refractivity contribution in [3.63, 3.8) is 0 Å². The number of sulfonamides is 1. The first kappa shape index (κ1) is 24.3. The van der Waals surface area contributed by atoms with Crippen molar-refractivity contribution in [2.45, 2.75) is 24.8 Å². The number of ether oxygens (including phenoxy) is 3. The van der Waals surface area contributed by atoms with Crippen LogP contribution < -0.4 is 14.2 Å². The van der Waals surface area contributed by atoms with E-state index in [1.54, 1.807) is 19.9 Å². The van der Waals surface area contributed by atoms with Crippen LogP contribution in [0.1, 0.15) is 24.2 Å². The molecule has 0 aliphatic rings. The molecule has 0 amide bonds. The van der Waals surface area contributed by atoms with Crippen LogP contribution in [0.25, 0.3) is 0 Å². The summed E-state index contributed by atoms with van der Waals surface area (Å²) in [5, 5.41) is 0. The number of hydrogen-bond acceptors (Lipinski definition) is 7. The lowest BCUT2D eigenvalue weighted by molar-refractivity contribution is -0.145. The molecular formula is C21H24FNO7S. The zero-order valence-electron chi connectivity index (χ0n) is 17.5. The number of Topliss-reactive ketones (excluding diaryl/α,β-unsaturated/α-hetero) is 1. The van der Waals surface area contributed by atoms with Gasteiger partial charge < -0.3 is 14.2 Å². The fourth-order valence-electron chi connectivity index (χ4n) is 2.68. The highest BCUT2D eigenvalue weighted by molar-refractivity contribution is 7.89. The smallest absolute Gasteiger partial charge is 0.324 e. The second kappa shape index (κ2) is 10.4. The highest BCUT2D eigenvalue weighted by Gasteiger charge is 2.31. The van der Waals surface area contributed by atoms with Gasteiger partial charge in [0.15, 0.2) is 6.61 Å². The molecule has 0 heterocycles. The molecule has 2 aromatic rings. The Labute approximate surface area is 180 Å². The standard InChI is InChI=1S/C21H24FNO7S/c1-13(2)20(23-31(26,27)19-8-6-5-7-16(19)22)21(25)30-12-17(24)15-10-9-14(28-3)11-18(15)29-4/h5-11,13,20,23H,12H2,1-4H3. The molecule has 0 saturated heterocycles. The fourth-order valence-corrected chi connectivity index (χ4v) is 4.09. The van der Waals surface area contributed by atoms with Gasteiger partial charge in [-0.15, -0.1) is 0 Å². The van der Waals surface area contributed by atoms with Crippen LogP contribution in [0, 0.1) is 11.7 Å². The lowest BCUT2D eigenvalue weighted by Gasteiger charge is -2.21. The molecule has 168 valence electrons. The molecule has 0 aliphatic carbocycles. The molecular weight excluding hydrogens is 429 g/mol. The van der Waals surface area contributed by atoms with Crippen molar-refractivity contribution < 1.29 is 36.6 Å². The molecule has 0 spiro atoms. The van der Waals surface area contributed by atoms with E-state index in [4.69, 9.17) is 14.2 Å². The summed E-state index contributed by atoms with van der Waals surface area (Å²) in [7, 11) is -1.49. The predicted molar refractivity (Wildman–Crippen MR) is 110 cm³/mol.